The smallest absolute Gasteiger partial charge is 0.317 e. The molecule has 0 spiro atoms. The number of nitrogens with zero attached hydrogens (tertiary/aromatic N) is 3. The second-order valence-corrected chi connectivity index (χ2v) is 6.06. The first kappa shape index (κ1) is 14.8. The van der Waals surface area contributed by atoms with Crippen LogP contribution in [0.1, 0.15) is 30.8 Å². The number of rotatable bonds is 2. The Morgan fingerprint density at radius 3 is 2.86 bits per heavy atom. The molecule has 3 heterocycles. The SMILES string of the molecule is Cc1ccc(F)c(Nc2n[nH]c3c2CN(C(=O)Cl)C3(C)C)n1. The summed E-state index contributed by atoms with van der Waals surface area (Å²) in [7, 11) is 0. The fraction of sp³-hybridized carbons (Fsp3) is 0.357. The predicted molar refractivity (Wildman–Crippen MR) is 80.6 cm³/mol. The Morgan fingerprint density at radius 1 is 1.45 bits per heavy atom. The monoisotopic (exact) mass is 323 g/mol. The molecule has 1 amide bonds. The van der Waals surface area contributed by atoms with Crippen LogP contribution in [-0.2, 0) is 12.1 Å². The minimum Gasteiger partial charge on any atom is -0.321 e. The molecule has 1 aliphatic rings. The molecule has 0 aliphatic carbocycles. The molecule has 0 radical (unpaired) electrons. The number of halogens is 2. The highest BCUT2D eigenvalue weighted by atomic mass is 35.5. The summed E-state index contributed by atoms with van der Waals surface area (Å²) in [5, 5.41) is 9.41. The summed E-state index contributed by atoms with van der Waals surface area (Å²) in [6, 6.07) is 2.93. The number of fused-ring (bicyclic) bond motifs is 1. The lowest BCUT2D eigenvalue weighted by Crippen LogP contribution is -2.37. The number of carbonyl (C=O) groups is 1. The van der Waals surface area contributed by atoms with Gasteiger partial charge in [-0.05, 0) is 44.5 Å². The number of anilines is 2. The first-order valence-electron chi connectivity index (χ1n) is 6.75. The number of aromatic nitrogens is 3. The van der Waals surface area contributed by atoms with E-state index in [-0.39, 0.29) is 5.82 Å². The van der Waals surface area contributed by atoms with Crippen molar-refractivity contribution < 1.29 is 9.18 Å². The van der Waals surface area contributed by atoms with E-state index in [0.29, 0.717) is 18.1 Å². The van der Waals surface area contributed by atoms with Crippen LogP contribution >= 0.6 is 11.6 Å². The van der Waals surface area contributed by atoms with Gasteiger partial charge in [-0.3, -0.25) is 9.89 Å². The summed E-state index contributed by atoms with van der Waals surface area (Å²) in [6.07, 6.45) is 0. The topological polar surface area (TPSA) is 73.9 Å². The lowest BCUT2D eigenvalue weighted by molar-refractivity contribution is 0.164. The maximum Gasteiger partial charge on any atom is 0.317 e. The van der Waals surface area contributed by atoms with Crippen LogP contribution in [0.25, 0.3) is 0 Å². The van der Waals surface area contributed by atoms with Gasteiger partial charge in [0, 0.05) is 11.3 Å². The summed E-state index contributed by atoms with van der Waals surface area (Å²) >= 11 is 5.63. The second-order valence-electron chi connectivity index (χ2n) is 5.73. The van der Waals surface area contributed by atoms with E-state index in [1.807, 2.05) is 13.8 Å². The minimum atomic E-state index is -0.598. The van der Waals surface area contributed by atoms with Gasteiger partial charge in [0.05, 0.1) is 17.8 Å². The van der Waals surface area contributed by atoms with E-state index in [1.54, 1.807) is 13.0 Å². The summed E-state index contributed by atoms with van der Waals surface area (Å²) < 4.78 is 13.8. The van der Waals surface area contributed by atoms with Crippen molar-refractivity contribution in [3.63, 3.8) is 0 Å². The molecular weight excluding hydrogens is 309 g/mol. The van der Waals surface area contributed by atoms with Crippen LogP contribution in [0.4, 0.5) is 20.8 Å². The number of hydrogen-bond acceptors (Lipinski definition) is 4. The third kappa shape index (κ3) is 2.21. The number of aromatic amines is 1. The maximum atomic E-state index is 13.8. The molecule has 2 N–H and O–H groups in total. The molecule has 6 nitrogen and oxygen atoms in total. The standard InChI is InChI=1S/C14H15ClFN5O/c1-7-4-5-9(16)12(17-7)18-11-8-6-21(13(15)22)14(2,3)10(8)19-20-11/h4-5H,6H2,1-3H3,(H2,17,18,19,20). The van der Waals surface area contributed by atoms with Crippen molar-refractivity contribution in [2.24, 2.45) is 0 Å². The Kier molecular flexibility index (Phi) is 3.32. The Hall–Kier alpha value is -2.15. The number of H-pyrrole nitrogens is 1. The van der Waals surface area contributed by atoms with Gasteiger partial charge in [0.1, 0.15) is 0 Å². The predicted octanol–water partition coefficient (Wildman–Crippen LogP) is 3.41. The highest BCUT2D eigenvalue weighted by Crippen LogP contribution is 2.41. The lowest BCUT2D eigenvalue weighted by atomic mass is 10.0. The molecule has 0 bridgehead atoms. The van der Waals surface area contributed by atoms with Crippen molar-refractivity contribution in [3.05, 3.63) is 34.9 Å². The molecule has 3 rings (SSSR count). The van der Waals surface area contributed by atoms with E-state index in [4.69, 9.17) is 11.6 Å². The number of pyridine rings is 1. The van der Waals surface area contributed by atoms with Gasteiger partial charge in [-0.25, -0.2) is 9.37 Å². The Balaban J connectivity index is 1.97. The molecular formula is C14H15ClFN5O. The van der Waals surface area contributed by atoms with Crippen LogP contribution in [0.15, 0.2) is 12.1 Å². The van der Waals surface area contributed by atoms with Gasteiger partial charge in [0.25, 0.3) is 0 Å². The third-order valence-electron chi connectivity index (χ3n) is 3.90. The van der Waals surface area contributed by atoms with Gasteiger partial charge < -0.3 is 10.2 Å². The van der Waals surface area contributed by atoms with Crippen molar-refractivity contribution in [1.82, 2.24) is 20.1 Å². The third-order valence-corrected chi connectivity index (χ3v) is 4.11. The highest BCUT2D eigenvalue weighted by Gasteiger charge is 2.43. The van der Waals surface area contributed by atoms with E-state index in [0.717, 1.165) is 11.3 Å². The maximum absolute atomic E-state index is 13.8. The Labute approximate surface area is 131 Å². The largest absolute Gasteiger partial charge is 0.321 e. The van der Waals surface area contributed by atoms with Gasteiger partial charge in [0.15, 0.2) is 17.5 Å². The number of nitrogens with one attached hydrogen (secondary N) is 2. The van der Waals surface area contributed by atoms with Crippen LogP contribution in [0.3, 0.4) is 0 Å². The van der Waals surface area contributed by atoms with Gasteiger partial charge in [-0.1, -0.05) is 0 Å². The molecule has 8 heteroatoms. The Morgan fingerprint density at radius 2 is 2.18 bits per heavy atom. The summed E-state index contributed by atoms with van der Waals surface area (Å²) in [5.74, 6) is 0.0770. The zero-order chi connectivity index (χ0) is 16.1. The molecule has 22 heavy (non-hydrogen) atoms. The zero-order valence-corrected chi connectivity index (χ0v) is 13.1. The summed E-state index contributed by atoms with van der Waals surface area (Å²) in [4.78, 5) is 17.2. The first-order valence-corrected chi connectivity index (χ1v) is 7.13. The number of carbonyl (C=O) groups excluding carboxylic acids is 1. The molecule has 0 saturated carbocycles. The van der Waals surface area contributed by atoms with E-state index >= 15 is 0 Å². The van der Waals surface area contributed by atoms with E-state index < -0.39 is 16.7 Å². The second kappa shape index (κ2) is 4.95. The van der Waals surface area contributed by atoms with Crippen LogP contribution < -0.4 is 5.32 Å². The van der Waals surface area contributed by atoms with Gasteiger partial charge >= 0.3 is 5.37 Å². The molecule has 0 aromatic carbocycles. The number of amides is 1. The van der Waals surface area contributed by atoms with Crippen molar-refractivity contribution >= 4 is 28.6 Å². The van der Waals surface area contributed by atoms with Crippen LogP contribution in [0, 0.1) is 12.7 Å². The lowest BCUT2D eigenvalue weighted by Gasteiger charge is -2.29. The molecule has 1 aliphatic heterocycles. The molecule has 2 aromatic heterocycles. The van der Waals surface area contributed by atoms with Crippen molar-refractivity contribution in [3.8, 4) is 0 Å². The van der Waals surface area contributed by atoms with Gasteiger partial charge in [0.2, 0.25) is 0 Å². The average Bonchev–Trinajstić information content (AvgIpc) is 2.94. The quantitative estimate of drug-likeness (QED) is 0.656. The van der Waals surface area contributed by atoms with Crippen molar-refractivity contribution in [2.45, 2.75) is 32.9 Å². The molecule has 0 atom stereocenters. The fourth-order valence-corrected chi connectivity index (χ4v) is 2.91. The van der Waals surface area contributed by atoms with Crippen LogP contribution in [-0.4, -0.2) is 25.4 Å². The van der Waals surface area contributed by atoms with Crippen LogP contribution in [0.2, 0.25) is 0 Å². The first-order chi connectivity index (χ1) is 10.3. The average molecular weight is 324 g/mol. The van der Waals surface area contributed by atoms with E-state index in [2.05, 4.69) is 20.5 Å². The molecule has 116 valence electrons. The van der Waals surface area contributed by atoms with Crippen LogP contribution in [0.5, 0.6) is 0 Å². The summed E-state index contributed by atoms with van der Waals surface area (Å²) in [6.45, 7) is 5.81. The van der Waals surface area contributed by atoms with Crippen molar-refractivity contribution in [2.75, 3.05) is 5.32 Å². The normalized spacial score (nSPS) is 15.8. The van der Waals surface area contributed by atoms with E-state index in [9.17, 15) is 9.18 Å². The van der Waals surface area contributed by atoms with Crippen molar-refractivity contribution in [1.29, 1.82) is 0 Å². The number of hydrogen-bond donors (Lipinski definition) is 2. The molecule has 2 aromatic rings. The molecule has 0 unspecified atom stereocenters. The van der Waals surface area contributed by atoms with E-state index in [1.165, 1.54) is 11.0 Å². The van der Waals surface area contributed by atoms with Gasteiger partial charge in [-0.15, -0.1) is 0 Å². The minimum absolute atomic E-state index is 0.0998. The highest BCUT2D eigenvalue weighted by molar-refractivity contribution is 6.62. The molecule has 0 saturated heterocycles. The Bertz CT molecular complexity index is 758. The number of aryl methyl sites for hydroxylation is 1. The summed E-state index contributed by atoms with van der Waals surface area (Å²) in [5.41, 5.74) is 1.65. The van der Waals surface area contributed by atoms with Gasteiger partial charge in [-0.2, -0.15) is 5.10 Å². The molecule has 0 fully saturated rings. The zero-order valence-electron chi connectivity index (χ0n) is 12.4. The fourth-order valence-electron chi connectivity index (χ4n) is 2.64.